The molecule has 1 saturated heterocycles. The first-order chi connectivity index (χ1) is 13.5. The van der Waals surface area contributed by atoms with Crippen LogP contribution in [0.3, 0.4) is 0 Å². The van der Waals surface area contributed by atoms with Gasteiger partial charge in [0.25, 0.3) is 0 Å². The monoisotopic (exact) mass is 394 g/mol. The van der Waals surface area contributed by atoms with E-state index in [2.05, 4.69) is 15.0 Å². The highest BCUT2D eigenvalue weighted by Crippen LogP contribution is 2.36. The van der Waals surface area contributed by atoms with Crippen molar-refractivity contribution >= 4 is 23.1 Å². The Morgan fingerprint density at radius 2 is 1.82 bits per heavy atom. The van der Waals surface area contributed by atoms with Crippen LogP contribution in [0, 0.1) is 0 Å². The van der Waals surface area contributed by atoms with Gasteiger partial charge in [-0.05, 0) is 0 Å². The van der Waals surface area contributed by atoms with Crippen LogP contribution in [0.15, 0.2) is 12.7 Å². The second-order valence-electron chi connectivity index (χ2n) is 6.07. The number of rotatable bonds is 7. The molecular weight excluding hydrogens is 372 g/mol. The fourth-order valence-electron chi connectivity index (χ4n) is 2.98. The minimum atomic E-state index is -0.988. The van der Waals surface area contributed by atoms with E-state index in [-0.39, 0.29) is 18.7 Å². The Morgan fingerprint density at radius 3 is 2.43 bits per heavy atom. The minimum Gasteiger partial charge on any atom is -0.479 e. The highest BCUT2D eigenvalue weighted by Gasteiger charge is 2.50. The van der Waals surface area contributed by atoms with Gasteiger partial charge in [0.1, 0.15) is 12.4 Å². The number of aliphatic hydroxyl groups is 1. The maximum absolute atomic E-state index is 12.0. The van der Waals surface area contributed by atoms with Gasteiger partial charge in [-0.2, -0.15) is 4.98 Å². The molecule has 1 fully saturated rings. The van der Waals surface area contributed by atoms with Crippen molar-refractivity contribution in [3.63, 3.8) is 0 Å². The summed E-state index contributed by atoms with van der Waals surface area (Å²) in [6, 6.07) is 0. The van der Waals surface area contributed by atoms with Gasteiger partial charge >= 0.3 is 11.9 Å². The van der Waals surface area contributed by atoms with E-state index in [0.29, 0.717) is 11.2 Å². The molecule has 0 spiro atoms. The van der Waals surface area contributed by atoms with Crippen molar-refractivity contribution in [3.8, 4) is 5.88 Å². The van der Waals surface area contributed by atoms with Crippen molar-refractivity contribution < 1.29 is 33.6 Å². The SMILES string of the molecule is CCC(=O)O[C@H]1[C@H](OC(=O)CC)[C@@H](CO)O[C@H]1n1cnc2c(OC)ncnc21. The van der Waals surface area contributed by atoms with E-state index in [4.69, 9.17) is 18.9 Å². The molecule has 2 aromatic heterocycles. The molecule has 152 valence electrons. The average molecular weight is 394 g/mol. The van der Waals surface area contributed by atoms with Crippen LogP contribution >= 0.6 is 0 Å². The largest absolute Gasteiger partial charge is 0.479 e. The Hall–Kier alpha value is -2.79. The number of methoxy groups -OCH3 is 1. The molecule has 11 heteroatoms. The molecule has 0 amide bonds. The van der Waals surface area contributed by atoms with Crippen LogP contribution in [0.1, 0.15) is 32.9 Å². The standard InChI is InChI=1S/C17H22N4O7/c1-4-10(23)27-13-9(6-22)26-17(14(13)28-11(24)5-2)21-8-20-12-15(21)18-7-19-16(12)25-3/h7-9,13-14,17,22H,4-6H2,1-3H3/t9-,13-,14+,17-/m1/s1. The molecule has 11 nitrogen and oxygen atoms in total. The molecule has 1 N–H and O–H groups in total. The lowest BCUT2D eigenvalue weighted by Gasteiger charge is -2.24. The van der Waals surface area contributed by atoms with Crippen molar-refractivity contribution in [1.82, 2.24) is 19.5 Å². The molecule has 0 radical (unpaired) electrons. The lowest BCUT2D eigenvalue weighted by molar-refractivity contribution is -0.168. The Bertz CT molecular complexity index is 855. The second-order valence-corrected chi connectivity index (χ2v) is 6.07. The van der Waals surface area contributed by atoms with Crippen molar-refractivity contribution in [2.24, 2.45) is 0 Å². The van der Waals surface area contributed by atoms with Crippen LogP contribution in [0.2, 0.25) is 0 Å². The first kappa shape index (κ1) is 20.0. The number of aromatic nitrogens is 4. The van der Waals surface area contributed by atoms with E-state index in [9.17, 15) is 14.7 Å². The van der Waals surface area contributed by atoms with Gasteiger partial charge in [-0.1, -0.05) is 13.8 Å². The van der Waals surface area contributed by atoms with Crippen LogP contribution in [0.25, 0.3) is 11.2 Å². The van der Waals surface area contributed by atoms with E-state index in [0.717, 1.165) is 0 Å². The van der Waals surface area contributed by atoms with Gasteiger partial charge in [0.05, 0.1) is 20.0 Å². The Labute approximate surface area is 160 Å². The lowest BCUT2D eigenvalue weighted by Crippen LogP contribution is -2.40. The smallest absolute Gasteiger partial charge is 0.306 e. The van der Waals surface area contributed by atoms with Crippen molar-refractivity contribution in [2.45, 2.75) is 51.2 Å². The summed E-state index contributed by atoms with van der Waals surface area (Å²) in [5.41, 5.74) is 0.775. The Balaban J connectivity index is 2.02. The number of carbonyl (C=O) groups excluding carboxylic acids is 2. The molecule has 0 aliphatic carbocycles. The van der Waals surface area contributed by atoms with Gasteiger partial charge in [0.15, 0.2) is 29.6 Å². The number of hydrogen-bond acceptors (Lipinski definition) is 10. The number of imidazole rings is 1. The van der Waals surface area contributed by atoms with Gasteiger partial charge in [-0.25, -0.2) is 9.97 Å². The van der Waals surface area contributed by atoms with Crippen LogP contribution < -0.4 is 4.74 Å². The first-order valence-electron chi connectivity index (χ1n) is 8.90. The molecule has 0 bridgehead atoms. The topological polar surface area (TPSA) is 135 Å². The molecule has 4 atom stereocenters. The zero-order chi connectivity index (χ0) is 20.3. The third-order valence-corrected chi connectivity index (χ3v) is 4.37. The molecule has 3 rings (SSSR count). The molecular formula is C17H22N4O7. The third kappa shape index (κ3) is 3.62. The number of ether oxygens (including phenoxy) is 4. The van der Waals surface area contributed by atoms with E-state index >= 15 is 0 Å². The van der Waals surface area contributed by atoms with E-state index in [1.165, 1.54) is 24.3 Å². The third-order valence-electron chi connectivity index (χ3n) is 4.37. The summed E-state index contributed by atoms with van der Waals surface area (Å²) in [6.07, 6.45) is -0.744. The van der Waals surface area contributed by atoms with Gasteiger partial charge in [-0.3, -0.25) is 14.2 Å². The number of esters is 2. The molecule has 0 saturated carbocycles. The Morgan fingerprint density at radius 1 is 1.14 bits per heavy atom. The predicted molar refractivity (Wildman–Crippen MR) is 93.2 cm³/mol. The van der Waals surface area contributed by atoms with Crippen LogP contribution in [-0.4, -0.2) is 68.6 Å². The normalized spacial score (nSPS) is 24.3. The van der Waals surface area contributed by atoms with Crippen molar-refractivity contribution in [2.75, 3.05) is 13.7 Å². The van der Waals surface area contributed by atoms with Crippen LogP contribution in [0.5, 0.6) is 5.88 Å². The number of carbonyl (C=O) groups is 2. The lowest BCUT2D eigenvalue weighted by atomic mass is 10.1. The highest BCUT2D eigenvalue weighted by atomic mass is 16.6. The quantitative estimate of drug-likeness (QED) is 0.656. The summed E-state index contributed by atoms with van der Waals surface area (Å²) in [5.74, 6) is -0.715. The molecule has 1 aliphatic rings. The zero-order valence-electron chi connectivity index (χ0n) is 15.8. The highest BCUT2D eigenvalue weighted by molar-refractivity contribution is 5.76. The zero-order valence-corrected chi connectivity index (χ0v) is 15.8. The summed E-state index contributed by atoms with van der Waals surface area (Å²) in [7, 11) is 1.46. The maximum Gasteiger partial charge on any atom is 0.306 e. The van der Waals surface area contributed by atoms with Gasteiger partial charge in [0.2, 0.25) is 5.88 Å². The number of aliphatic hydroxyl groups excluding tert-OH is 1. The summed E-state index contributed by atoms with van der Waals surface area (Å²) in [4.78, 5) is 36.3. The van der Waals surface area contributed by atoms with Gasteiger partial charge in [0, 0.05) is 12.8 Å². The minimum absolute atomic E-state index is 0.127. The summed E-state index contributed by atoms with van der Waals surface area (Å²) >= 11 is 0. The number of hydrogen-bond donors (Lipinski definition) is 1. The van der Waals surface area contributed by atoms with Crippen molar-refractivity contribution in [1.29, 1.82) is 0 Å². The fourth-order valence-corrected chi connectivity index (χ4v) is 2.98. The Kier molecular flexibility index (Phi) is 6.05. The average Bonchev–Trinajstić information content (AvgIpc) is 3.29. The second kappa shape index (κ2) is 8.48. The molecule has 28 heavy (non-hydrogen) atoms. The molecule has 0 unspecified atom stereocenters. The van der Waals surface area contributed by atoms with Gasteiger partial charge < -0.3 is 24.1 Å². The van der Waals surface area contributed by atoms with Gasteiger partial charge in [-0.15, -0.1) is 0 Å². The van der Waals surface area contributed by atoms with E-state index in [1.807, 2.05) is 0 Å². The number of nitrogens with zero attached hydrogens (tertiary/aromatic N) is 4. The first-order valence-corrected chi connectivity index (χ1v) is 8.90. The fraction of sp³-hybridized carbons (Fsp3) is 0.588. The van der Waals surface area contributed by atoms with Crippen LogP contribution in [0.4, 0.5) is 0 Å². The molecule has 0 aromatic carbocycles. The molecule has 2 aromatic rings. The van der Waals surface area contributed by atoms with Crippen LogP contribution in [-0.2, 0) is 23.8 Å². The van der Waals surface area contributed by atoms with Crippen molar-refractivity contribution in [3.05, 3.63) is 12.7 Å². The maximum atomic E-state index is 12.0. The summed E-state index contributed by atoms with van der Waals surface area (Å²) in [6.45, 7) is 2.86. The number of fused-ring (bicyclic) bond motifs is 1. The summed E-state index contributed by atoms with van der Waals surface area (Å²) in [5, 5.41) is 9.71. The van der Waals surface area contributed by atoms with E-state index < -0.39 is 43.1 Å². The molecule has 3 heterocycles. The van der Waals surface area contributed by atoms with E-state index in [1.54, 1.807) is 13.8 Å². The molecule has 1 aliphatic heterocycles. The summed E-state index contributed by atoms with van der Waals surface area (Å²) < 4.78 is 23.5. The predicted octanol–water partition coefficient (Wildman–Crippen LogP) is 0.368.